The van der Waals surface area contributed by atoms with E-state index < -0.39 is 48.2 Å². The summed E-state index contributed by atoms with van der Waals surface area (Å²) in [6.45, 7) is -0.644. The number of likely N-dealkylation sites (tertiary alicyclic amines) is 1. The van der Waals surface area contributed by atoms with Crippen LogP contribution in [0.1, 0.15) is 23.2 Å². The van der Waals surface area contributed by atoms with Crippen LogP contribution in [0.15, 0.2) is 29.6 Å². The first kappa shape index (κ1) is 12.9. The minimum atomic E-state index is -1.24. The van der Waals surface area contributed by atoms with Crippen molar-refractivity contribution in [3.05, 3.63) is 40.3 Å². The molecule has 1 N–H and O–H groups in total. The number of aliphatic carboxylic acids is 1. The first-order chi connectivity index (χ1) is 10.6. The highest BCUT2D eigenvalue weighted by Crippen LogP contribution is 2.62. The van der Waals surface area contributed by atoms with Crippen LogP contribution in [0.2, 0.25) is 0 Å². The molecule has 0 spiro atoms. The maximum absolute atomic E-state index is 12.5. The predicted molar refractivity (Wildman–Crippen MR) is 70.9 cm³/mol. The third-order valence-corrected chi connectivity index (χ3v) is 4.76. The summed E-state index contributed by atoms with van der Waals surface area (Å²) in [5.74, 6) is -3.77. The third-order valence-electron chi connectivity index (χ3n) is 4.76. The number of rotatable bonds is 3. The fourth-order valence-electron chi connectivity index (χ4n) is 4.05. The van der Waals surface area contributed by atoms with Gasteiger partial charge in [0, 0.05) is 0 Å². The van der Waals surface area contributed by atoms with Gasteiger partial charge in [0.25, 0.3) is 0 Å². The Kier molecular flexibility index (Phi) is 2.42. The average molecular weight is 301 g/mol. The Balaban J connectivity index is 1.82. The summed E-state index contributed by atoms with van der Waals surface area (Å²) in [5.41, 5.74) is 1.62. The number of hydrogen-bond acceptors (Lipinski definition) is 5. The van der Waals surface area contributed by atoms with Gasteiger partial charge in [-0.1, -0.05) is 24.3 Å². The van der Waals surface area contributed by atoms with Gasteiger partial charge in [0.15, 0.2) is 0 Å². The summed E-state index contributed by atoms with van der Waals surface area (Å²) in [6, 6.07) is 6.05. The number of nitroso groups, excluding NO2 is 1. The lowest BCUT2D eigenvalue weighted by atomic mass is 9.77. The van der Waals surface area contributed by atoms with Crippen LogP contribution in [0, 0.1) is 16.7 Å². The number of fused-ring (bicyclic) bond motifs is 8. The third kappa shape index (κ3) is 1.34. The molecule has 2 amide bonds. The average Bonchev–Trinajstić information content (AvgIpc) is 3.08. The van der Waals surface area contributed by atoms with Crippen molar-refractivity contribution < 1.29 is 19.5 Å². The van der Waals surface area contributed by atoms with Crippen LogP contribution >= 0.6 is 0 Å². The fraction of sp³-hybridized carbons (Fsp3) is 0.357. The molecule has 3 heterocycles. The highest BCUT2D eigenvalue weighted by molar-refractivity contribution is 6.08. The Morgan fingerprint density at radius 3 is 2.00 bits per heavy atom. The van der Waals surface area contributed by atoms with Crippen LogP contribution in [0.25, 0.3) is 0 Å². The maximum Gasteiger partial charge on any atom is 0.323 e. The molecular formula is C14H11N3O5. The van der Waals surface area contributed by atoms with Crippen LogP contribution in [0.3, 0.4) is 0 Å². The molecule has 0 aromatic heterocycles. The van der Waals surface area contributed by atoms with E-state index in [1.54, 1.807) is 12.1 Å². The second-order valence-corrected chi connectivity index (χ2v) is 5.69. The number of carboxylic acids is 1. The Morgan fingerprint density at radius 2 is 1.59 bits per heavy atom. The van der Waals surface area contributed by atoms with Crippen molar-refractivity contribution in [1.82, 2.24) is 9.91 Å². The number of benzene rings is 1. The number of carbonyl (C=O) groups is 3. The maximum atomic E-state index is 12.5. The van der Waals surface area contributed by atoms with Gasteiger partial charge in [0.05, 0.1) is 29.2 Å². The molecule has 22 heavy (non-hydrogen) atoms. The molecule has 8 heteroatoms. The van der Waals surface area contributed by atoms with Gasteiger partial charge in [-0.2, -0.15) is 0 Å². The van der Waals surface area contributed by atoms with Crippen LogP contribution in [0.5, 0.6) is 0 Å². The van der Waals surface area contributed by atoms with Crippen molar-refractivity contribution in [3.8, 4) is 0 Å². The second-order valence-electron chi connectivity index (χ2n) is 5.69. The minimum Gasteiger partial charge on any atom is -0.480 e. The summed E-state index contributed by atoms with van der Waals surface area (Å²) in [4.78, 5) is 47.8. The van der Waals surface area contributed by atoms with Crippen LogP contribution in [-0.2, 0) is 14.4 Å². The Bertz CT molecular complexity index is 684. The molecule has 0 unspecified atom stereocenters. The second kappa shape index (κ2) is 4.12. The molecule has 1 aromatic carbocycles. The van der Waals surface area contributed by atoms with Gasteiger partial charge in [-0.05, 0) is 11.1 Å². The topological polar surface area (TPSA) is 107 Å². The van der Waals surface area contributed by atoms with Crippen molar-refractivity contribution in [2.24, 2.45) is 17.1 Å². The SMILES string of the molecule is O=NN1[C@@H]2c3ccccc3[C@H]1[C@H]1C(=O)N(CC(=O)O)C(=O)[C@H]12. The van der Waals surface area contributed by atoms with E-state index in [-0.39, 0.29) is 0 Å². The number of carbonyl (C=O) groups excluding carboxylic acids is 2. The zero-order valence-corrected chi connectivity index (χ0v) is 11.2. The van der Waals surface area contributed by atoms with E-state index in [0.717, 1.165) is 16.0 Å². The summed E-state index contributed by atoms with van der Waals surface area (Å²) in [5, 5.41) is 13.1. The standard InChI is InChI=1S/C14H11N3O5/c18-8(19)5-16-13(20)9-10(14(16)21)12-7-4-2-1-3-6(7)11(9)17(12)15-22/h1-4,9-12H,5H2,(H,18,19)/t9-,10+,11-,12+. The van der Waals surface area contributed by atoms with Gasteiger partial charge < -0.3 is 5.11 Å². The first-order valence-electron chi connectivity index (χ1n) is 6.83. The smallest absolute Gasteiger partial charge is 0.323 e. The van der Waals surface area contributed by atoms with Crippen molar-refractivity contribution >= 4 is 17.8 Å². The van der Waals surface area contributed by atoms with E-state index >= 15 is 0 Å². The Labute approximate surface area is 124 Å². The van der Waals surface area contributed by atoms with Gasteiger partial charge in [-0.3, -0.25) is 19.3 Å². The molecule has 3 aliphatic heterocycles. The van der Waals surface area contributed by atoms with Crippen LogP contribution in [0.4, 0.5) is 0 Å². The molecule has 2 bridgehead atoms. The van der Waals surface area contributed by atoms with Crippen molar-refractivity contribution in [2.75, 3.05) is 6.54 Å². The molecule has 4 rings (SSSR count). The van der Waals surface area contributed by atoms with E-state index in [0.29, 0.717) is 0 Å². The first-order valence-corrected chi connectivity index (χ1v) is 6.83. The zero-order valence-electron chi connectivity index (χ0n) is 11.2. The molecule has 8 nitrogen and oxygen atoms in total. The quantitative estimate of drug-likeness (QED) is 0.642. The number of nitrogens with zero attached hydrogens (tertiary/aromatic N) is 3. The summed E-state index contributed by atoms with van der Waals surface area (Å²) < 4.78 is 0. The lowest BCUT2D eigenvalue weighted by Gasteiger charge is -2.20. The van der Waals surface area contributed by atoms with Crippen molar-refractivity contribution in [1.29, 1.82) is 0 Å². The molecule has 2 fully saturated rings. The van der Waals surface area contributed by atoms with Gasteiger partial charge in [-0.15, -0.1) is 4.91 Å². The molecule has 0 saturated carbocycles. The molecule has 4 atom stereocenters. The Hall–Kier alpha value is -2.77. The van der Waals surface area contributed by atoms with Crippen molar-refractivity contribution in [3.63, 3.8) is 0 Å². The lowest BCUT2D eigenvalue weighted by molar-refractivity contribution is -0.150. The minimum absolute atomic E-state index is 0.534. The predicted octanol–water partition coefficient (Wildman–Crippen LogP) is 0.465. The van der Waals surface area contributed by atoms with Crippen LogP contribution < -0.4 is 0 Å². The monoisotopic (exact) mass is 301 g/mol. The van der Waals surface area contributed by atoms with E-state index in [4.69, 9.17) is 5.11 Å². The number of carboxylic acid groups (broad SMARTS) is 1. The number of hydrogen-bond donors (Lipinski definition) is 1. The molecular weight excluding hydrogens is 290 g/mol. The van der Waals surface area contributed by atoms with Crippen molar-refractivity contribution in [2.45, 2.75) is 12.1 Å². The van der Waals surface area contributed by atoms with E-state index in [2.05, 4.69) is 5.29 Å². The van der Waals surface area contributed by atoms with Gasteiger partial charge in [0.2, 0.25) is 11.8 Å². The number of imide groups is 1. The van der Waals surface area contributed by atoms with E-state index in [1.807, 2.05) is 12.1 Å². The molecule has 0 radical (unpaired) electrons. The molecule has 0 aliphatic carbocycles. The summed E-state index contributed by atoms with van der Waals surface area (Å²) in [6.07, 6.45) is 0. The van der Waals surface area contributed by atoms with Crippen LogP contribution in [-0.4, -0.2) is 39.3 Å². The Morgan fingerprint density at radius 1 is 1.09 bits per heavy atom. The lowest BCUT2D eigenvalue weighted by Crippen LogP contribution is -2.38. The van der Waals surface area contributed by atoms with E-state index in [1.165, 1.54) is 5.01 Å². The van der Waals surface area contributed by atoms with E-state index in [9.17, 15) is 19.3 Å². The number of amides is 2. The molecule has 112 valence electrons. The van der Waals surface area contributed by atoms with Gasteiger partial charge in [0.1, 0.15) is 6.54 Å². The molecule has 3 aliphatic rings. The normalized spacial score (nSPS) is 31.5. The van der Waals surface area contributed by atoms with Gasteiger partial charge >= 0.3 is 5.97 Å². The largest absolute Gasteiger partial charge is 0.480 e. The van der Waals surface area contributed by atoms with Gasteiger partial charge in [-0.25, -0.2) is 5.01 Å². The summed E-state index contributed by atoms with van der Waals surface area (Å²) in [7, 11) is 0. The highest BCUT2D eigenvalue weighted by atomic mass is 16.4. The fourth-order valence-corrected chi connectivity index (χ4v) is 4.05. The molecule has 2 saturated heterocycles. The highest BCUT2D eigenvalue weighted by Gasteiger charge is 2.67. The zero-order chi connectivity index (χ0) is 15.6. The molecule has 1 aromatic rings. The summed E-state index contributed by atoms with van der Waals surface area (Å²) >= 11 is 0.